The molecule has 0 amide bonds. The van der Waals surface area contributed by atoms with Gasteiger partial charge in [0.1, 0.15) is 5.76 Å². The molecule has 1 aromatic carbocycles. The highest BCUT2D eigenvalue weighted by atomic mass is 32.2. The smallest absolute Gasteiger partial charge is 0.113 e. The van der Waals surface area contributed by atoms with Gasteiger partial charge in [0, 0.05) is 16.5 Å². The Morgan fingerprint density at radius 1 is 1.17 bits per heavy atom. The number of benzene rings is 1. The molecule has 2 aromatic heterocycles. The molecule has 3 nitrogen and oxygen atoms in total. The normalized spacial score (nSPS) is 10.9. The van der Waals surface area contributed by atoms with Crippen molar-refractivity contribution in [2.45, 2.75) is 10.6 Å². The molecule has 18 heavy (non-hydrogen) atoms. The average molecular weight is 256 g/mol. The van der Waals surface area contributed by atoms with E-state index in [0.717, 1.165) is 33.0 Å². The fourth-order valence-corrected chi connectivity index (χ4v) is 2.72. The highest BCUT2D eigenvalue weighted by molar-refractivity contribution is 7.98. The molecule has 0 saturated heterocycles. The third kappa shape index (κ3) is 2.07. The molecule has 2 N–H and O–H groups in total. The van der Waals surface area contributed by atoms with Crippen LogP contribution in [0.1, 0.15) is 5.76 Å². The summed E-state index contributed by atoms with van der Waals surface area (Å²) in [6.45, 7) is 0. The van der Waals surface area contributed by atoms with Gasteiger partial charge in [0.25, 0.3) is 0 Å². The van der Waals surface area contributed by atoms with Gasteiger partial charge in [0.05, 0.1) is 23.2 Å². The standard InChI is InChI=1S/C14H12N2OS/c15-14-11-4-1-7-16-12(11)5-6-13(14)18-9-10-3-2-8-17-10/h1-8H,9,15H2. The minimum absolute atomic E-state index is 0.781. The predicted octanol–water partition coefficient (Wildman–Crippen LogP) is 3.70. The van der Waals surface area contributed by atoms with Gasteiger partial charge in [0.2, 0.25) is 0 Å². The van der Waals surface area contributed by atoms with Crippen LogP contribution < -0.4 is 5.73 Å². The average Bonchev–Trinajstić information content (AvgIpc) is 2.91. The van der Waals surface area contributed by atoms with Crippen LogP contribution in [0.2, 0.25) is 0 Å². The molecule has 3 rings (SSSR count). The van der Waals surface area contributed by atoms with Gasteiger partial charge in [-0.05, 0) is 36.4 Å². The predicted molar refractivity (Wildman–Crippen MR) is 74.4 cm³/mol. The fraction of sp³-hybridized carbons (Fsp3) is 0.0714. The number of nitrogens with zero attached hydrogens (tertiary/aromatic N) is 1. The number of aromatic nitrogens is 1. The first-order valence-corrected chi connectivity index (χ1v) is 6.61. The van der Waals surface area contributed by atoms with Gasteiger partial charge in [0.15, 0.2) is 0 Å². The van der Waals surface area contributed by atoms with E-state index in [1.54, 1.807) is 24.2 Å². The van der Waals surface area contributed by atoms with E-state index in [1.807, 2.05) is 36.4 Å². The number of hydrogen-bond acceptors (Lipinski definition) is 4. The molecule has 0 radical (unpaired) electrons. The van der Waals surface area contributed by atoms with Gasteiger partial charge < -0.3 is 10.2 Å². The number of hydrogen-bond donors (Lipinski definition) is 1. The minimum Gasteiger partial charge on any atom is -0.468 e. The van der Waals surface area contributed by atoms with Gasteiger partial charge in [-0.2, -0.15) is 0 Å². The van der Waals surface area contributed by atoms with E-state index in [9.17, 15) is 0 Å². The topological polar surface area (TPSA) is 52.0 Å². The molecule has 0 fully saturated rings. The Bertz CT molecular complexity index is 665. The summed E-state index contributed by atoms with van der Waals surface area (Å²) in [6.07, 6.45) is 3.46. The van der Waals surface area contributed by atoms with Crippen LogP contribution in [0.4, 0.5) is 5.69 Å². The Balaban J connectivity index is 1.90. The van der Waals surface area contributed by atoms with Gasteiger partial charge >= 0.3 is 0 Å². The van der Waals surface area contributed by atoms with Gasteiger partial charge in [-0.3, -0.25) is 4.98 Å². The van der Waals surface area contributed by atoms with Crippen LogP contribution in [0.3, 0.4) is 0 Å². The highest BCUT2D eigenvalue weighted by Crippen LogP contribution is 2.32. The molecule has 0 saturated carbocycles. The molecule has 90 valence electrons. The SMILES string of the molecule is Nc1c(SCc2ccco2)ccc2ncccc12. The Labute approximate surface area is 109 Å². The molecule has 0 atom stereocenters. The molecule has 4 heteroatoms. The zero-order chi connectivity index (χ0) is 12.4. The van der Waals surface area contributed by atoms with Crippen molar-refractivity contribution >= 4 is 28.4 Å². The maximum absolute atomic E-state index is 6.17. The second kappa shape index (κ2) is 4.74. The first kappa shape index (κ1) is 11.2. The Morgan fingerprint density at radius 3 is 2.94 bits per heavy atom. The first-order chi connectivity index (χ1) is 8.84. The van der Waals surface area contributed by atoms with Crippen LogP contribution in [0.5, 0.6) is 0 Å². The Hall–Kier alpha value is -1.94. The minimum atomic E-state index is 0.781. The summed E-state index contributed by atoms with van der Waals surface area (Å²) in [6, 6.07) is 11.8. The molecular formula is C14H12N2OS. The zero-order valence-electron chi connectivity index (χ0n) is 9.67. The van der Waals surface area contributed by atoms with Crippen molar-refractivity contribution in [1.82, 2.24) is 4.98 Å². The van der Waals surface area contributed by atoms with Crippen LogP contribution in [0, 0.1) is 0 Å². The summed E-state index contributed by atoms with van der Waals surface area (Å²) in [4.78, 5) is 5.35. The lowest BCUT2D eigenvalue weighted by atomic mass is 10.2. The van der Waals surface area contributed by atoms with E-state index in [4.69, 9.17) is 10.2 Å². The van der Waals surface area contributed by atoms with Crippen LogP contribution in [-0.2, 0) is 5.75 Å². The van der Waals surface area contributed by atoms with E-state index < -0.39 is 0 Å². The molecule has 0 unspecified atom stereocenters. The van der Waals surface area contributed by atoms with Crippen LogP contribution >= 0.6 is 11.8 Å². The Kier molecular flexibility index (Phi) is 2.94. The van der Waals surface area contributed by atoms with Crippen molar-refractivity contribution in [2.24, 2.45) is 0 Å². The summed E-state index contributed by atoms with van der Waals surface area (Å²) < 4.78 is 5.31. The molecule has 0 aliphatic carbocycles. The molecule has 0 spiro atoms. The lowest BCUT2D eigenvalue weighted by molar-refractivity contribution is 0.530. The number of pyridine rings is 1. The molecule has 0 bridgehead atoms. The van der Waals surface area contributed by atoms with E-state index in [2.05, 4.69) is 4.98 Å². The fourth-order valence-electron chi connectivity index (χ4n) is 1.82. The van der Waals surface area contributed by atoms with E-state index in [1.165, 1.54) is 0 Å². The van der Waals surface area contributed by atoms with Crippen molar-refractivity contribution in [3.05, 3.63) is 54.6 Å². The quantitative estimate of drug-likeness (QED) is 0.573. The van der Waals surface area contributed by atoms with Crippen LogP contribution in [-0.4, -0.2) is 4.98 Å². The molecule has 3 aromatic rings. The second-order valence-corrected chi connectivity index (χ2v) is 4.93. The van der Waals surface area contributed by atoms with Gasteiger partial charge in [-0.15, -0.1) is 11.8 Å². The number of anilines is 1. The summed E-state index contributed by atoms with van der Waals surface area (Å²) in [5.41, 5.74) is 7.88. The van der Waals surface area contributed by atoms with Crippen molar-refractivity contribution in [3.63, 3.8) is 0 Å². The lowest BCUT2D eigenvalue weighted by Gasteiger charge is -2.07. The molecule has 0 aliphatic rings. The number of furan rings is 1. The van der Waals surface area contributed by atoms with Crippen LogP contribution in [0.15, 0.2) is 58.2 Å². The van der Waals surface area contributed by atoms with Crippen molar-refractivity contribution in [1.29, 1.82) is 0 Å². The van der Waals surface area contributed by atoms with Gasteiger partial charge in [-0.25, -0.2) is 0 Å². The van der Waals surface area contributed by atoms with Gasteiger partial charge in [-0.1, -0.05) is 0 Å². The summed E-state index contributed by atoms with van der Waals surface area (Å²) in [5, 5.41) is 1.00. The third-order valence-electron chi connectivity index (χ3n) is 2.74. The van der Waals surface area contributed by atoms with Crippen molar-refractivity contribution in [3.8, 4) is 0 Å². The van der Waals surface area contributed by atoms with Crippen molar-refractivity contribution in [2.75, 3.05) is 5.73 Å². The summed E-state index contributed by atoms with van der Waals surface area (Å²) >= 11 is 1.67. The molecular weight excluding hydrogens is 244 g/mol. The number of nitrogen functional groups attached to an aromatic ring is 1. The first-order valence-electron chi connectivity index (χ1n) is 5.63. The maximum Gasteiger partial charge on any atom is 0.113 e. The number of fused-ring (bicyclic) bond motifs is 1. The summed E-state index contributed by atoms with van der Waals surface area (Å²) in [7, 11) is 0. The number of nitrogens with two attached hydrogens (primary N) is 1. The van der Waals surface area contributed by atoms with E-state index in [-0.39, 0.29) is 0 Å². The largest absolute Gasteiger partial charge is 0.468 e. The Morgan fingerprint density at radius 2 is 2.11 bits per heavy atom. The van der Waals surface area contributed by atoms with Crippen LogP contribution in [0.25, 0.3) is 10.9 Å². The molecule has 2 heterocycles. The molecule has 0 aliphatic heterocycles. The zero-order valence-corrected chi connectivity index (χ0v) is 10.5. The third-order valence-corrected chi connectivity index (χ3v) is 3.83. The van der Waals surface area contributed by atoms with E-state index in [0.29, 0.717) is 0 Å². The monoisotopic (exact) mass is 256 g/mol. The second-order valence-electron chi connectivity index (χ2n) is 3.92. The number of thioether (sulfide) groups is 1. The summed E-state index contributed by atoms with van der Waals surface area (Å²) in [5.74, 6) is 1.73. The van der Waals surface area contributed by atoms with Crippen molar-refractivity contribution < 1.29 is 4.42 Å². The highest BCUT2D eigenvalue weighted by Gasteiger charge is 2.06. The van der Waals surface area contributed by atoms with E-state index >= 15 is 0 Å². The maximum atomic E-state index is 6.17. The lowest BCUT2D eigenvalue weighted by Crippen LogP contribution is -1.92. The number of rotatable bonds is 3.